The van der Waals surface area contributed by atoms with Crippen LogP contribution in [-0.4, -0.2) is 48.0 Å². The third kappa shape index (κ3) is 5.26. The van der Waals surface area contributed by atoms with Crippen molar-refractivity contribution in [3.63, 3.8) is 0 Å². The fourth-order valence-corrected chi connectivity index (χ4v) is 3.03. The molecule has 0 radical (unpaired) electrons. The van der Waals surface area contributed by atoms with Crippen LogP contribution in [0.2, 0.25) is 0 Å². The van der Waals surface area contributed by atoms with Crippen molar-refractivity contribution in [2.45, 2.75) is 6.92 Å². The summed E-state index contributed by atoms with van der Waals surface area (Å²) >= 11 is 0. The maximum Gasteiger partial charge on any atom is 0.361 e. The average Bonchev–Trinajstić information content (AvgIpc) is 3.08. The molecule has 0 fully saturated rings. The Morgan fingerprint density at radius 1 is 1.03 bits per heavy atom. The third-order valence-corrected chi connectivity index (χ3v) is 4.41. The van der Waals surface area contributed by atoms with Crippen molar-refractivity contribution in [1.82, 2.24) is 15.0 Å². The van der Waals surface area contributed by atoms with Crippen LogP contribution in [0, 0.1) is 6.92 Å². The first kappa shape index (κ1) is 20.2. The number of aryl methyl sites for hydroxylation is 1. The summed E-state index contributed by atoms with van der Waals surface area (Å²) in [5, 5.41) is 8.32. The third-order valence-electron chi connectivity index (χ3n) is 3.81. The standard InChI is InChI=1S/C19H18N4O5S/c1-13-18(21-23(20-13)16-6-4-3-5-7-16)19(25)28-12-17(24)14-8-10-15(11-9-14)22-29(2,26)27/h3-11,22H,12H2,1-2H3. The largest absolute Gasteiger partial charge is 0.452 e. The number of nitrogens with one attached hydrogen (secondary N) is 1. The Kier molecular flexibility index (Phi) is 5.74. The first-order chi connectivity index (χ1) is 13.7. The number of para-hydroxylation sites is 1. The van der Waals surface area contributed by atoms with Gasteiger partial charge in [-0.15, -0.1) is 5.10 Å². The lowest BCUT2D eigenvalue weighted by Gasteiger charge is -2.06. The molecule has 9 nitrogen and oxygen atoms in total. The predicted molar refractivity (Wildman–Crippen MR) is 106 cm³/mol. The van der Waals surface area contributed by atoms with Gasteiger partial charge in [-0.25, -0.2) is 13.2 Å². The summed E-state index contributed by atoms with van der Waals surface area (Å²) in [6.45, 7) is 1.15. The van der Waals surface area contributed by atoms with E-state index >= 15 is 0 Å². The Labute approximate surface area is 167 Å². The maximum absolute atomic E-state index is 12.3. The molecule has 3 rings (SSSR count). The molecular weight excluding hydrogens is 396 g/mol. The summed E-state index contributed by atoms with van der Waals surface area (Å²) in [6.07, 6.45) is 1.03. The van der Waals surface area contributed by atoms with E-state index in [1.807, 2.05) is 18.2 Å². The van der Waals surface area contributed by atoms with Crippen molar-refractivity contribution < 1.29 is 22.7 Å². The van der Waals surface area contributed by atoms with Crippen LogP contribution in [-0.2, 0) is 14.8 Å². The van der Waals surface area contributed by atoms with Crippen molar-refractivity contribution in [2.75, 3.05) is 17.6 Å². The lowest BCUT2D eigenvalue weighted by molar-refractivity contribution is 0.0467. The number of rotatable bonds is 7. The van der Waals surface area contributed by atoms with Crippen LogP contribution in [0.5, 0.6) is 0 Å². The number of anilines is 1. The number of ketones is 1. The summed E-state index contributed by atoms with van der Waals surface area (Å²) < 4.78 is 29.8. The van der Waals surface area contributed by atoms with Crippen LogP contribution in [0.15, 0.2) is 54.6 Å². The molecule has 0 saturated carbocycles. The van der Waals surface area contributed by atoms with Crippen LogP contribution in [0.4, 0.5) is 5.69 Å². The van der Waals surface area contributed by atoms with Gasteiger partial charge in [0.15, 0.2) is 18.1 Å². The molecule has 29 heavy (non-hydrogen) atoms. The highest BCUT2D eigenvalue weighted by atomic mass is 32.2. The second-order valence-electron chi connectivity index (χ2n) is 6.21. The molecule has 0 atom stereocenters. The maximum atomic E-state index is 12.3. The number of esters is 1. The van der Waals surface area contributed by atoms with E-state index in [-0.39, 0.29) is 11.3 Å². The number of nitrogens with zero attached hydrogens (tertiary/aromatic N) is 3. The van der Waals surface area contributed by atoms with Crippen LogP contribution >= 0.6 is 0 Å². The lowest BCUT2D eigenvalue weighted by atomic mass is 10.1. The smallest absolute Gasteiger partial charge is 0.361 e. The highest BCUT2D eigenvalue weighted by Gasteiger charge is 2.19. The van der Waals surface area contributed by atoms with E-state index in [2.05, 4.69) is 14.9 Å². The van der Waals surface area contributed by atoms with E-state index in [1.54, 1.807) is 19.1 Å². The topological polar surface area (TPSA) is 120 Å². The van der Waals surface area contributed by atoms with E-state index in [0.29, 0.717) is 17.1 Å². The van der Waals surface area contributed by atoms with Gasteiger partial charge in [-0.05, 0) is 43.3 Å². The van der Waals surface area contributed by atoms with Gasteiger partial charge >= 0.3 is 5.97 Å². The molecule has 0 unspecified atom stereocenters. The molecule has 1 aromatic heterocycles. The molecule has 2 aromatic carbocycles. The first-order valence-corrected chi connectivity index (χ1v) is 10.4. The van der Waals surface area contributed by atoms with Crippen molar-refractivity contribution in [3.8, 4) is 5.69 Å². The van der Waals surface area contributed by atoms with Gasteiger partial charge in [0.05, 0.1) is 17.6 Å². The van der Waals surface area contributed by atoms with Gasteiger partial charge in [-0.1, -0.05) is 18.2 Å². The van der Waals surface area contributed by atoms with Crippen LogP contribution in [0.1, 0.15) is 26.5 Å². The predicted octanol–water partition coefficient (Wildman–Crippen LogP) is 1.99. The van der Waals surface area contributed by atoms with Crippen molar-refractivity contribution >= 4 is 27.5 Å². The molecule has 10 heteroatoms. The first-order valence-electron chi connectivity index (χ1n) is 8.50. The van der Waals surface area contributed by atoms with Gasteiger partial charge in [0.2, 0.25) is 10.0 Å². The number of sulfonamides is 1. The molecule has 0 aliphatic rings. The minimum absolute atomic E-state index is 0.0225. The van der Waals surface area contributed by atoms with Gasteiger partial charge in [0.1, 0.15) is 0 Å². The lowest BCUT2D eigenvalue weighted by Crippen LogP contribution is -2.16. The van der Waals surface area contributed by atoms with Crippen molar-refractivity contribution in [1.29, 1.82) is 0 Å². The number of aromatic nitrogens is 3. The minimum atomic E-state index is -3.40. The number of ether oxygens (including phenoxy) is 1. The number of benzene rings is 2. The summed E-state index contributed by atoms with van der Waals surface area (Å²) in [6, 6.07) is 14.9. The fourth-order valence-electron chi connectivity index (χ4n) is 2.47. The zero-order chi connectivity index (χ0) is 21.0. The Bertz CT molecular complexity index is 1140. The van der Waals surface area contributed by atoms with E-state index < -0.39 is 28.4 Å². The molecule has 0 amide bonds. The molecule has 150 valence electrons. The van der Waals surface area contributed by atoms with Gasteiger partial charge < -0.3 is 4.74 Å². The Morgan fingerprint density at radius 2 is 1.69 bits per heavy atom. The van der Waals surface area contributed by atoms with Gasteiger partial charge in [-0.3, -0.25) is 9.52 Å². The number of hydrogen-bond acceptors (Lipinski definition) is 7. The van der Waals surface area contributed by atoms with Crippen molar-refractivity contribution in [3.05, 3.63) is 71.5 Å². The molecule has 3 aromatic rings. The number of Topliss-reactive ketones (excluding diaryl/α,β-unsaturated/α-hetero) is 1. The molecule has 0 saturated heterocycles. The second kappa shape index (κ2) is 8.23. The fraction of sp³-hybridized carbons (Fsp3) is 0.158. The molecule has 1 N–H and O–H groups in total. The highest BCUT2D eigenvalue weighted by Crippen LogP contribution is 2.13. The molecule has 0 bridgehead atoms. The van der Waals surface area contributed by atoms with E-state index in [0.717, 1.165) is 6.26 Å². The molecule has 0 aliphatic carbocycles. The summed E-state index contributed by atoms with van der Waals surface area (Å²) in [4.78, 5) is 25.8. The Morgan fingerprint density at radius 3 is 2.31 bits per heavy atom. The number of carbonyl (C=O) groups excluding carboxylic acids is 2. The number of hydrogen-bond donors (Lipinski definition) is 1. The number of carbonyl (C=O) groups is 2. The van der Waals surface area contributed by atoms with E-state index in [9.17, 15) is 18.0 Å². The second-order valence-corrected chi connectivity index (χ2v) is 7.96. The zero-order valence-electron chi connectivity index (χ0n) is 15.7. The van der Waals surface area contributed by atoms with E-state index in [4.69, 9.17) is 4.74 Å². The van der Waals surface area contributed by atoms with Crippen LogP contribution < -0.4 is 4.72 Å². The van der Waals surface area contributed by atoms with Gasteiger partial charge in [-0.2, -0.15) is 9.90 Å². The van der Waals surface area contributed by atoms with Crippen LogP contribution in [0.3, 0.4) is 0 Å². The molecule has 0 aliphatic heterocycles. The van der Waals surface area contributed by atoms with Gasteiger partial charge in [0.25, 0.3) is 0 Å². The molecule has 1 heterocycles. The summed E-state index contributed by atoms with van der Waals surface area (Å²) in [5.41, 5.74) is 1.70. The van der Waals surface area contributed by atoms with Crippen LogP contribution in [0.25, 0.3) is 5.69 Å². The quantitative estimate of drug-likeness (QED) is 0.464. The SMILES string of the molecule is Cc1nn(-c2ccccc2)nc1C(=O)OCC(=O)c1ccc(NS(C)(=O)=O)cc1. The summed E-state index contributed by atoms with van der Waals surface area (Å²) in [7, 11) is -3.40. The Balaban J connectivity index is 1.63. The monoisotopic (exact) mass is 414 g/mol. The minimum Gasteiger partial charge on any atom is -0.452 e. The highest BCUT2D eigenvalue weighted by molar-refractivity contribution is 7.92. The molecular formula is C19H18N4O5S. The van der Waals surface area contributed by atoms with Crippen molar-refractivity contribution in [2.24, 2.45) is 0 Å². The van der Waals surface area contributed by atoms with E-state index in [1.165, 1.54) is 29.1 Å². The zero-order valence-corrected chi connectivity index (χ0v) is 16.5. The normalized spacial score (nSPS) is 11.1. The van der Waals surface area contributed by atoms with Gasteiger partial charge in [0, 0.05) is 11.3 Å². The average molecular weight is 414 g/mol. The summed E-state index contributed by atoms with van der Waals surface area (Å²) in [5.74, 6) is -1.19. The Hall–Kier alpha value is -3.53. The molecule has 0 spiro atoms.